The first-order valence-electron chi connectivity index (χ1n) is 11.2. The molecule has 10 heteroatoms. The fraction of sp³-hybridized carbons (Fsp3) is 0.500. The van der Waals surface area contributed by atoms with Gasteiger partial charge in [-0.25, -0.2) is 4.98 Å². The molecule has 0 aliphatic heterocycles. The van der Waals surface area contributed by atoms with Crippen molar-refractivity contribution >= 4 is 34.2 Å². The van der Waals surface area contributed by atoms with E-state index in [0.717, 1.165) is 0 Å². The van der Waals surface area contributed by atoms with Crippen LogP contribution in [0.1, 0.15) is 52.1 Å². The van der Waals surface area contributed by atoms with Crippen LogP contribution in [0.25, 0.3) is 0 Å². The molecule has 3 amide bonds. The van der Waals surface area contributed by atoms with E-state index in [1.165, 1.54) is 23.3 Å². The summed E-state index contributed by atoms with van der Waals surface area (Å²) in [6.45, 7) is 8.49. The summed E-state index contributed by atoms with van der Waals surface area (Å²) in [5.74, 6) is -0.274. The maximum Gasteiger partial charge on any atom is 0.247 e. The van der Waals surface area contributed by atoms with Gasteiger partial charge in [-0.15, -0.1) is 11.3 Å². The first-order valence-corrected chi connectivity index (χ1v) is 12.0. The van der Waals surface area contributed by atoms with Gasteiger partial charge in [-0.1, -0.05) is 12.1 Å². The van der Waals surface area contributed by atoms with Crippen molar-refractivity contribution in [1.29, 1.82) is 0 Å². The number of carbonyl (C=O) groups is 3. The van der Waals surface area contributed by atoms with Gasteiger partial charge >= 0.3 is 0 Å². The molecule has 0 spiro atoms. The van der Waals surface area contributed by atoms with Gasteiger partial charge in [0.1, 0.15) is 11.8 Å². The Kier molecular flexibility index (Phi) is 10.5. The number of hydrogen-bond donors (Lipinski definition) is 2. The van der Waals surface area contributed by atoms with E-state index >= 15 is 0 Å². The molecule has 1 aromatic carbocycles. The van der Waals surface area contributed by atoms with Crippen molar-refractivity contribution in [1.82, 2.24) is 15.2 Å². The summed E-state index contributed by atoms with van der Waals surface area (Å²) in [6, 6.07) is 6.22. The zero-order valence-electron chi connectivity index (χ0n) is 20.4. The predicted octanol–water partition coefficient (Wildman–Crippen LogP) is 3.39. The molecule has 186 valence electrons. The summed E-state index contributed by atoms with van der Waals surface area (Å²) >= 11 is 1.30. The van der Waals surface area contributed by atoms with E-state index in [2.05, 4.69) is 15.6 Å². The van der Waals surface area contributed by atoms with Crippen molar-refractivity contribution in [2.24, 2.45) is 0 Å². The van der Waals surface area contributed by atoms with Gasteiger partial charge in [0.05, 0.1) is 13.2 Å². The number of nitrogens with one attached hydrogen (secondary N) is 2. The molecule has 0 saturated carbocycles. The molecule has 1 atom stereocenters. The van der Waals surface area contributed by atoms with E-state index in [1.54, 1.807) is 35.8 Å². The van der Waals surface area contributed by atoms with Crippen LogP contribution < -0.4 is 15.4 Å². The maximum atomic E-state index is 13.4. The molecule has 0 bridgehead atoms. The van der Waals surface area contributed by atoms with Gasteiger partial charge in [-0.3, -0.25) is 14.4 Å². The van der Waals surface area contributed by atoms with Crippen LogP contribution in [-0.2, 0) is 19.1 Å². The molecule has 0 unspecified atom stereocenters. The average molecular weight is 491 g/mol. The van der Waals surface area contributed by atoms with Gasteiger partial charge in [0, 0.05) is 43.6 Å². The number of aromatic nitrogens is 1. The van der Waals surface area contributed by atoms with Gasteiger partial charge in [0.2, 0.25) is 17.7 Å². The van der Waals surface area contributed by atoms with Crippen molar-refractivity contribution in [3.63, 3.8) is 0 Å². The zero-order valence-corrected chi connectivity index (χ0v) is 21.2. The summed E-state index contributed by atoms with van der Waals surface area (Å²) < 4.78 is 10.7. The Morgan fingerprint density at radius 2 is 1.85 bits per heavy atom. The molecule has 2 rings (SSSR count). The number of methoxy groups -OCH3 is 1. The lowest BCUT2D eigenvalue weighted by atomic mass is 10.0. The van der Waals surface area contributed by atoms with Crippen LogP contribution in [0, 0.1) is 0 Å². The van der Waals surface area contributed by atoms with Gasteiger partial charge in [0.25, 0.3) is 0 Å². The van der Waals surface area contributed by atoms with Crippen LogP contribution in [0.2, 0.25) is 0 Å². The Morgan fingerprint density at radius 1 is 1.15 bits per heavy atom. The largest absolute Gasteiger partial charge is 0.494 e. The topological polar surface area (TPSA) is 110 Å². The molecule has 0 aliphatic carbocycles. The van der Waals surface area contributed by atoms with Crippen LogP contribution in [0.5, 0.6) is 5.75 Å². The molecule has 0 radical (unpaired) electrons. The summed E-state index contributed by atoms with van der Waals surface area (Å²) in [4.78, 5) is 44.4. The number of anilines is 1. The summed E-state index contributed by atoms with van der Waals surface area (Å²) in [5.41, 5.74) is 0.145. The minimum absolute atomic E-state index is 0.0290. The van der Waals surface area contributed by atoms with Gasteiger partial charge in [0.15, 0.2) is 5.13 Å². The predicted molar refractivity (Wildman–Crippen MR) is 132 cm³/mol. The molecule has 0 aliphatic rings. The normalized spacial score (nSPS) is 12.0. The molecular weight excluding hydrogens is 456 g/mol. The second-order valence-electron chi connectivity index (χ2n) is 8.61. The number of benzene rings is 1. The monoisotopic (exact) mass is 490 g/mol. The van der Waals surface area contributed by atoms with E-state index < -0.39 is 11.6 Å². The lowest BCUT2D eigenvalue weighted by Gasteiger charge is -2.33. The second kappa shape index (κ2) is 13.0. The lowest BCUT2D eigenvalue weighted by molar-refractivity contribution is -0.142. The number of thiazole rings is 1. The highest BCUT2D eigenvalue weighted by Crippen LogP contribution is 2.26. The van der Waals surface area contributed by atoms with Gasteiger partial charge in [-0.2, -0.15) is 0 Å². The number of rotatable bonds is 12. The smallest absolute Gasteiger partial charge is 0.247 e. The van der Waals surface area contributed by atoms with Crippen LogP contribution in [0.15, 0.2) is 35.8 Å². The molecule has 2 aromatic rings. The summed E-state index contributed by atoms with van der Waals surface area (Å²) in [6.07, 6.45) is 1.50. The minimum atomic E-state index is -0.889. The van der Waals surface area contributed by atoms with Crippen LogP contribution >= 0.6 is 11.3 Å². The van der Waals surface area contributed by atoms with Crippen LogP contribution in [-0.4, -0.2) is 60.0 Å². The highest BCUT2D eigenvalue weighted by Gasteiger charge is 2.33. The van der Waals surface area contributed by atoms with Crippen molar-refractivity contribution in [2.75, 3.05) is 32.2 Å². The maximum absolute atomic E-state index is 13.4. The quantitative estimate of drug-likeness (QED) is 0.472. The summed E-state index contributed by atoms with van der Waals surface area (Å²) in [7, 11) is 1.53. The van der Waals surface area contributed by atoms with Crippen molar-refractivity contribution in [3.05, 3.63) is 41.4 Å². The third kappa shape index (κ3) is 8.75. The fourth-order valence-electron chi connectivity index (χ4n) is 3.24. The van der Waals surface area contributed by atoms with Crippen molar-refractivity contribution in [2.45, 2.75) is 52.1 Å². The van der Waals surface area contributed by atoms with Crippen LogP contribution in [0.3, 0.4) is 0 Å². The van der Waals surface area contributed by atoms with E-state index in [-0.39, 0.29) is 43.7 Å². The number of nitrogens with zero attached hydrogens (tertiary/aromatic N) is 2. The molecule has 0 saturated heterocycles. The van der Waals surface area contributed by atoms with Gasteiger partial charge in [-0.05, 0) is 45.4 Å². The first-order chi connectivity index (χ1) is 16.1. The van der Waals surface area contributed by atoms with Crippen molar-refractivity contribution in [3.8, 4) is 5.75 Å². The highest BCUT2D eigenvalue weighted by molar-refractivity contribution is 7.13. The first kappa shape index (κ1) is 27.3. The van der Waals surface area contributed by atoms with E-state index in [0.29, 0.717) is 23.1 Å². The molecule has 2 N–H and O–H groups in total. The SMILES string of the molecule is CCOc1ccc([C@H](C(=O)NC(C)(C)C)N(CCOC)C(=O)CCC(=O)Nc2nccs2)cc1. The molecular formula is C24H34N4O5S. The van der Waals surface area contributed by atoms with E-state index in [9.17, 15) is 14.4 Å². The number of amides is 3. The molecule has 1 aromatic heterocycles. The Morgan fingerprint density at radius 3 is 2.41 bits per heavy atom. The Bertz CT molecular complexity index is 926. The summed E-state index contributed by atoms with van der Waals surface area (Å²) in [5, 5.41) is 7.87. The second-order valence-corrected chi connectivity index (χ2v) is 9.50. The number of carbonyl (C=O) groups excluding carboxylic acids is 3. The van der Waals surface area contributed by atoms with E-state index in [1.807, 2.05) is 27.7 Å². The van der Waals surface area contributed by atoms with Crippen LogP contribution in [0.4, 0.5) is 5.13 Å². The molecule has 9 nitrogen and oxygen atoms in total. The zero-order chi connectivity index (χ0) is 25.1. The highest BCUT2D eigenvalue weighted by atomic mass is 32.1. The fourth-order valence-corrected chi connectivity index (χ4v) is 3.79. The minimum Gasteiger partial charge on any atom is -0.494 e. The number of hydrogen-bond acceptors (Lipinski definition) is 7. The molecule has 1 heterocycles. The number of ether oxygens (including phenoxy) is 2. The van der Waals surface area contributed by atoms with E-state index in [4.69, 9.17) is 9.47 Å². The third-order valence-corrected chi connectivity index (χ3v) is 5.35. The average Bonchev–Trinajstić information content (AvgIpc) is 3.27. The standard InChI is InChI=1S/C24H34N4O5S/c1-6-33-18-9-7-17(8-10-18)21(22(31)27-24(2,3)4)28(14-15-32-5)20(30)12-11-19(29)26-23-25-13-16-34-23/h7-10,13,16,21H,6,11-12,14-15H2,1-5H3,(H,27,31)(H,25,26,29)/t21-/m1/s1. The van der Waals surface area contributed by atoms with Crippen molar-refractivity contribution < 1.29 is 23.9 Å². The molecule has 0 fully saturated rings. The third-order valence-electron chi connectivity index (χ3n) is 4.67. The Labute approximate surface area is 204 Å². The lowest BCUT2D eigenvalue weighted by Crippen LogP contribution is -2.50. The Balaban J connectivity index is 2.26. The van der Waals surface area contributed by atoms with Gasteiger partial charge < -0.3 is 25.0 Å². The molecule has 34 heavy (non-hydrogen) atoms. The Hall–Kier alpha value is -2.98.